The summed E-state index contributed by atoms with van der Waals surface area (Å²) in [5.41, 5.74) is 6.65. The minimum Gasteiger partial charge on any atom is -0.377 e. The summed E-state index contributed by atoms with van der Waals surface area (Å²) in [4.78, 5) is 19.2. The van der Waals surface area contributed by atoms with Gasteiger partial charge < -0.3 is 19.9 Å². The van der Waals surface area contributed by atoms with E-state index in [1.165, 1.54) is 11.3 Å². The number of fused-ring (bicyclic) bond motifs is 1. The van der Waals surface area contributed by atoms with E-state index in [0.29, 0.717) is 31.3 Å². The molecule has 2 atom stereocenters. The summed E-state index contributed by atoms with van der Waals surface area (Å²) in [5, 5.41) is 11.0. The molecule has 0 aromatic carbocycles. The lowest BCUT2D eigenvalue weighted by Crippen LogP contribution is -2.41. The SMILES string of the molecule is COCc1nnc2n1[C@@H](C)CN(C(=O)c1csc([C@@H](N)CC(C)C)n1)C2.Cl. The van der Waals surface area contributed by atoms with Crippen LogP contribution in [0.15, 0.2) is 5.38 Å². The second-order valence-corrected chi connectivity index (χ2v) is 8.07. The third-order valence-electron chi connectivity index (χ3n) is 4.44. The Morgan fingerprint density at radius 1 is 1.44 bits per heavy atom. The number of amides is 1. The number of ether oxygens (including phenoxy) is 1. The van der Waals surface area contributed by atoms with Gasteiger partial charge in [-0.05, 0) is 19.3 Å². The highest BCUT2D eigenvalue weighted by atomic mass is 35.5. The Balaban J connectivity index is 0.00000261. The van der Waals surface area contributed by atoms with Crippen LogP contribution in [0.5, 0.6) is 0 Å². The molecule has 0 saturated heterocycles. The maximum Gasteiger partial charge on any atom is 0.273 e. The molecule has 0 unspecified atom stereocenters. The van der Waals surface area contributed by atoms with Crippen molar-refractivity contribution in [3.63, 3.8) is 0 Å². The van der Waals surface area contributed by atoms with E-state index < -0.39 is 0 Å². The van der Waals surface area contributed by atoms with Gasteiger partial charge in [-0.1, -0.05) is 13.8 Å². The molecule has 3 rings (SSSR count). The molecule has 0 aliphatic carbocycles. The van der Waals surface area contributed by atoms with E-state index in [2.05, 4.69) is 40.5 Å². The molecule has 1 aliphatic rings. The van der Waals surface area contributed by atoms with Crippen molar-refractivity contribution in [3.05, 3.63) is 27.7 Å². The number of nitrogens with zero attached hydrogens (tertiary/aromatic N) is 5. The third kappa shape index (κ3) is 4.66. The van der Waals surface area contributed by atoms with Gasteiger partial charge in [-0.2, -0.15) is 0 Å². The first kappa shape index (κ1) is 21.7. The quantitative estimate of drug-likeness (QED) is 0.779. The predicted octanol–water partition coefficient (Wildman–Crippen LogP) is 2.57. The average Bonchev–Trinajstić information content (AvgIpc) is 3.21. The van der Waals surface area contributed by atoms with Crippen molar-refractivity contribution >= 4 is 29.7 Å². The van der Waals surface area contributed by atoms with Crippen LogP contribution in [0, 0.1) is 5.92 Å². The summed E-state index contributed by atoms with van der Waals surface area (Å²) < 4.78 is 7.23. The predicted molar refractivity (Wildman–Crippen MR) is 106 cm³/mol. The molecule has 0 spiro atoms. The molecule has 0 fully saturated rings. The third-order valence-corrected chi connectivity index (χ3v) is 5.42. The zero-order chi connectivity index (χ0) is 18.8. The summed E-state index contributed by atoms with van der Waals surface area (Å²) in [5.74, 6) is 1.97. The molecule has 2 aromatic rings. The van der Waals surface area contributed by atoms with Gasteiger partial charge in [-0.25, -0.2) is 4.98 Å². The van der Waals surface area contributed by atoms with Gasteiger partial charge in [0, 0.05) is 19.0 Å². The van der Waals surface area contributed by atoms with Crippen molar-refractivity contribution in [2.75, 3.05) is 13.7 Å². The standard InChI is InChI=1S/C17H26N6O2S.ClH/c1-10(2)5-12(18)16-19-13(9-26-16)17(24)22-6-11(3)23-14(7-22)20-21-15(23)8-25-4;/h9-12H,5-8,18H2,1-4H3;1H/t11-,12-;/m0./s1. The number of hydrogen-bond donors (Lipinski definition) is 1. The first-order valence-corrected chi connectivity index (χ1v) is 9.70. The number of methoxy groups -OCH3 is 1. The maximum absolute atomic E-state index is 12.9. The van der Waals surface area contributed by atoms with Crippen molar-refractivity contribution in [3.8, 4) is 0 Å². The number of rotatable bonds is 6. The molecule has 150 valence electrons. The summed E-state index contributed by atoms with van der Waals surface area (Å²) in [6, 6.07) is -0.0364. The van der Waals surface area contributed by atoms with Gasteiger partial charge in [-0.15, -0.1) is 33.9 Å². The molecule has 0 saturated carbocycles. The number of hydrogen-bond acceptors (Lipinski definition) is 7. The second-order valence-electron chi connectivity index (χ2n) is 7.18. The van der Waals surface area contributed by atoms with Crippen LogP contribution in [0.25, 0.3) is 0 Å². The van der Waals surface area contributed by atoms with Crippen LogP contribution in [-0.2, 0) is 17.9 Å². The topological polar surface area (TPSA) is 99.2 Å². The highest BCUT2D eigenvalue weighted by molar-refractivity contribution is 7.09. The molecule has 10 heteroatoms. The van der Waals surface area contributed by atoms with Crippen LogP contribution in [0.2, 0.25) is 0 Å². The van der Waals surface area contributed by atoms with Gasteiger partial charge in [0.25, 0.3) is 5.91 Å². The number of thiazole rings is 1. The zero-order valence-electron chi connectivity index (χ0n) is 16.1. The first-order valence-electron chi connectivity index (χ1n) is 8.82. The fourth-order valence-corrected chi connectivity index (χ4v) is 4.13. The van der Waals surface area contributed by atoms with Crippen LogP contribution in [-0.4, -0.2) is 44.2 Å². The van der Waals surface area contributed by atoms with E-state index in [1.807, 2.05) is 0 Å². The van der Waals surface area contributed by atoms with Crippen LogP contribution >= 0.6 is 23.7 Å². The van der Waals surface area contributed by atoms with Crippen molar-refractivity contribution in [2.45, 2.75) is 52.4 Å². The molecule has 8 nitrogen and oxygen atoms in total. The molecule has 1 amide bonds. The number of aromatic nitrogens is 4. The van der Waals surface area contributed by atoms with Gasteiger partial charge in [0.05, 0.1) is 18.6 Å². The van der Waals surface area contributed by atoms with E-state index in [1.54, 1.807) is 17.4 Å². The lowest BCUT2D eigenvalue weighted by atomic mass is 10.1. The van der Waals surface area contributed by atoms with Gasteiger partial charge in [-0.3, -0.25) is 4.79 Å². The monoisotopic (exact) mass is 414 g/mol. The van der Waals surface area contributed by atoms with Crippen LogP contribution in [0.4, 0.5) is 0 Å². The normalized spacial score (nSPS) is 17.6. The first-order chi connectivity index (χ1) is 12.4. The minimum atomic E-state index is -0.124. The fraction of sp³-hybridized carbons (Fsp3) is 0.647. The van der Waals surface area contributed by atoms with E-state index in [0.717, 1.165) is 23.1 Å². The van der Waals surface area contributed by atoms with Crippen molar-refractivity contribution < 1.29 is 9.53 Å². The molecule has 2 aromatic heterocycles. The summed E-state index contributed by atoms with van der Waals surface area (Å²) in [6.07, 6.45) is 0.854. The maximum atomic E-state index is 12.9. The number of nitrogens with two attached hydrogens (primary N) is 1. The number of carbonyl (C=O) groups is 1. The Hall–Kier alpha value is -1.55. The zero-order valence-corrected chi connectivity index (χ0v) is 17.7. The lowest BCUT2D eigenvalue weighted by Gasteiger charge is -2.32. The Kier molecular flexibility index (Phi) is 7.32. The van der Waals surface area contributed by atoms with E-state index >= 15 is 0 Å². The number of carbonyl (C=O) groups excluding carboxylic acids is 1. The lowest BCUT2D eigenvalue weighted by molar-refractivity contribution is 0.0669. The average molecular weight is 415 g/mol. The van der Waals surface area contributed by atoms with Crippen LogP contribution < -0.4 is 5.73 Å². The van der Waals surface area contributed by atoms with Crippen molar-refractivity contribution in [1.82, 2.24) is 24.6 Å². The van der Waals surface area contributed by atoms with E-state index in [-0.39, 0.29) is 30.4 Å². The molecular weight excluding hydrogens is 388 g/mol. The summed E-state index contributed by atoms with van der Waals surface area (Å²) in [6.45, 7) is 7.73. The second kappa shape index (κ2) is 9.09. The Morgan fingerprint density at radius 2 is 2.19 bits per heavy atom. The summed E-state index contributed by atoms with van der Waals surface area (Å²) >= 11 is 1.46. The van der Waals surface area contributed by atoms with Gasteiger partial charge in [0.2, 0.25) is 0 Å². The van der Waals surface area contributed by atoms with Gasteiger partial charge >= 0.3 is 0 Å². The molecule has 2 N–H and O–H groups in total. The summed E-state index contributed by atoms with van der Waals surface area (Å²) in [7, 11) is 1.63. The fourth-order valence-electron chi connectivity index (χ4n) is 3.32. The largest absolute Gasteiger partial charge is 0.377 e. The van der Waals surface area contributed by atoms with Crippen LogP contribution in [0.1, 0.15) is 66.4 Å². The molecule has 0 radical (unpaired) electrons. The highest BCUT2D eigenvalue weighted by Crippen LogP contribution is 2.26. The Bertz CT molecular complexity index is 777. The Morgan fingerprint density at radius 3 is 2.85 bits per heavy atom. The molecular formula is C17H27ClN6O2S. The minimum absolute atomic E-state index is 0. The van der Waals surface area contributed by atoms with Crippen molar-refractivity contribution in [1.29, 1.82) is 0 Å². The van der Waals surface area contributed by atoms with E-state index in [9.17, 15) is 4.79 Å². The molecule has 0 bridgehead atoms. The van der Waals surface area contributed by atoms with Crippen LogP contribution in [0.3, 0.4) is 0 Å². The highest BCUT2D eigenvalue weighted by Gasteiger charge is 2.30. The smallest absolute Gasteiger partial charge is 0.273 e. The van der Waals surface area contributed by atoms with Gasteiger partial charge in [0.15, 0.2) is 11.6 Å². The molecule has 27 heavy (non-hydrogen) atoms. The Labute approximate surface area is 169 Å². The molecule has 3 heterocycles. The van der Waals surface area contributed by atoms with E-state index in [4.69, 9.17) is 10.5 Å². The van der Waals surface area contributed by atoms with Crippen molar-refractivity contribution in [2.24, 2.45) is 11.7 Å². The molecule has 1 aliphatic heterocycles. The van der Waals surface area contributed by atoms with Gasteiger partial charge in [0.1, 0.15) is 17.3 Å². The number of halogens is 1.